The number of carbonyl (C=O) groups is 1. The maximum atomic E-state index is 13.0. The second-order valence-electron chi connectivity index (χ2n) is 17.8. The molecule has 1 rings (SSSR count). The zero-order chi connectivity index (χ0) is 42.5. The van der Waals surface area contributed by atoms with Crippen LogP contribution in [0.5, 0.6) is 0 Å². The van der Waals surface area contributed by atoms with E-state index in [0.717, 1.165) is 38.5 Å². The Morgan fingerprint density at radius 1 is 0.534 bits per heavy atom. The highest BCUT2D eigenvalue weighted by atomic mass is 16.7. The van der Waals surface area contributed by atoms with Crippen LogP contribution >= 0.6 is 0 Å². The fraction of sp³-hybridized carbons (Fsp3) is 0.979. The number of aliphatic hydroxyl groups excluding tert-OH is 6. The first kappa shape index (κ1) is 55.2. The standard InChI is InChI=1S/C48H95NO9/c1-3-5-7-9-11-13-15-17-18-19-20-21-22-23-24-25-27-29-31-33-35-37-43(52)49-40(39-57-48-47(56)46(55)45(54)42(38-50)58-48)44(53)41(51)36-34-32-30-28-26-16-14-12-10-8-6-4-2/h40-42,44-48,50-51,53-56H,3-39H2,1-2H3,(H,49,52)/t40-,41+,42+,44-,45-,46?,47?,48+/m0/s1. The average Bonchev–Trinajstić information content (AvgIpc) is 3.22. The summed E-state index contributed by atoms with van der Waals surface area (Å²) in [6, 6.07) is -0.984. The lowest BCUT2D eigenvalue weighted by Crippen LogP contribution is -2.60. The van der Waals surface area contributed by atoms with Gasteiger partial charge in [-0.25, -0.2) is 0 Å². The van der Waals surface area contributed by atoms with Gasteiger partial charge < -0.3 is 45.4 Å². The lowest BCUT2D eigenvalue weighted by molar-refractivity contribution is -0.303. The highest BCUT2D eigenvalue weighted by Crippen LogP contribution is 2.23. The van der Waals surface area contributed by atoms with Gasteiger partial charge in [0.15, 0.2) is 6.29 Å². The van der Waals surface area contributed by atoms with Crippen molar-refractivity contribution in [2.45, 2.75) is 288 Å². The summed E-state index contributed by atoms with van der Waals surface area (Å²) in [4.78, 5) is 13.0. The van der Waals surface area contributed by atoms with Crippen LogP contribution in [0.2, 0.25) is 0 Å². The van der Waals surface area contributed by atoms with Crippen LogP contribution < -0.4 is 5.32 Å². The Labute approximate surface area is 356 Å². The molecule has 0 aliphatic carbocycles. The third kappa shape index (κ3) is 28.6. The van der Waals surface area contributed by atoms with E-state index < -0.39 is 55.6 Å². The minimum atomic E-state index is -1.60. The Bertz CT molecular complexity index is 895. The van der Waals surface area contributed by atoms with E-state index in [-0.39, 0.29) is 18.9 Å². The number of ether oxygens (including phenoxy) is 2. The van der Waals surface area contributed by atoms with Crippen molar-refractivity contribution in [3.63, 3.8) is 0 Å². The van der Waals surface area contributed by atoms with Crippen LogP contribution in [0, 0.1) is 0 Å². The first-order valence-electron chi connectivity index (χ1n) is 24.8. The minimum absolute atomic E-state index is 0.253. The molecule has 0 aromatic heterocycles. The predicted molar refractivity (Wildman–Crippen MR) is 237 cm³/mol. The number of hydrogen-bond donors (Lipinski definition) is 7. The smallest absolute Gasteiger partial charge is 0.220 e. The van der Waals surface area contributed by atoms with E-state index in [9.17, 15) is 35.4 Å². The average molecular weight is 830 g/mol. The van der Waals surface area contributed by atoms with Gasteiger partial charge in [0.2, 0.25) is 5.91 Å². The summed E-state index contributed by atoms with van der Waals surface area (Å²) in [5, 5.41) is 65.2. The quantitative estimate of drug-likeness (QED) is 0.0296. The molecule has 0 saturated carbocycles. The Kier molecular flexibility index (Phi) is 37.1. The SMILES string of the molecule is CCCCCCCCCCCCCCCCCCCCCCCC(=O)N[C@@H](CO[C@@H]1O[C@H](CO)[C@H](O)C(O)C1O)[C@H](O)[C@H](O)CCCCCCCCCCCCCC. The van der Waals surface area contributed by atoms with Crippen LogP contribution in [0.3, 0.4) is 0 Å². The molecule has 8 atom stereocenters. The summed E-state index contributed by atoms with van der Waals surface area (Å²) in [5.74, 6) is -0.253. The third-order valence-corrected chi connectivity index (χ3v) is 12.3. The van der Waals surface area contributed by atoms with E-state index in [1.54, 1.807) is 0 Å². The fourth-order valence-corrected chi connectivity index (χ4v) is 8.26. The van der Waals surface area contributed by atoms with Gasteiger partial charge in [0, 0.05) is 6.42 Å². The molecule has 7 N–H and O–H groups in total. The molecular formula is C48H95NO9. The Balaban J connectivity index is 2.30. The van der Waals surface area contributed by atoms with Crippen LogP contribution in [0.15, 0.2) is 0 Å². The van der Waals surface area contributed by atoms with E-state index in [0.29, 0.717) is 6.42 Å². The van der Waals surface area contributed by atoms with Gasteiger partial charge in [-0.1, -0.05) is 219 Å². The van der Waals surface area contributed by atoms with E-state index >= 15 is 0 Å². The molecule has 58 heavy (non-hydrogen) atoms. The summed E-state index contributed by atoms with van der Waals surface area (Å²) < 4.78 is 11.2. The highest BCUT2D eigenvalue weighted by Gasteiger charge is 2.44. The van der Waals surface area contributed by atoms with Gasteiger partial charge >= 0.3 is 0 Å². The van der Waals surface area contributed by atoms with Gasteiger partial charge in [0.25, 0.3) is 0 Å². The fourth-order valence-electron chi connectivity index (χ4n) is 8.26. The number of rotatable bonds is 42. The second kappa shape index (κ2) is 39.0. The number of hydrogen-bond acceptors (Lipinski definition) is 9. The Morgan fingerprint density at radius 3 is 1.28 bits per heavy atom. The monoisotopic (exact) mass is 830 g/mol. The van der Waals surface area contributed by atoms with Crippen LogP contribution in [0.1, 0.15) is 239 Å². The zero-order valence-corrected chi connectivity index (χ0v) is 37.7. The van der Waals surface area contributed by atoms with E-state index in [2.05, 4.69) is 19.2 Å². The summed E-state index contributed by atoms with van der Waals surface area (Å²) in [7, 11) is 0. The molecule has 1 fully saturated rings. The normalized spacial score (nSPS) is 21.3. The molecule has 0 aromatic rings. The van der Waals surface area contributed by atoms with Crippen LogP contribution in [0.25, 0.3) is 0 Å². The molecule has 0 spiro atoms. The van der Waals surface area contributed by atoms with Crippen molar-refractivity contribution >= 4 is 5.91 Å². The Hall–Kier alpha value is -0.850. The van der Waals surface area contributed by atoms with Crippen molar-refractivity contribution in [1.82, 2.24) is 5.32 Å². The molecule has 1 amide bonds. The van der Waals surface area contributed by atoms with Gasteiger partial charge in [-0.3, -0.25) is 4.79 Å². The van der Waals surface area contributed by atoms with Crippen LogP contribution in [-0.4, -0.2) is 98.7 Å². The molecule has 0 aromatic carbocycles. The van der Waals surface area contributed by atoms with Crippen LogP contribution in [0.4, 0.5) is 0 Å². The topological polar surface area (TPSA) is 169 Å². The summed E-state index contributed by atoms with van der Waals surface area (Å²) in [6.45, 7) is 3.62. The molecule has 10 heteroatoms. The number of aliphatic hydroxyl groups is 6. The summed E-state index contributed by atoms with van der Waals surface area (Å²) >= 11 is 0. The van der Waals surface area contributed by atoms with Gasteiger partial charge in [0.1, 0.15) is 30.5 Å². The molecule has 10 nitrogen and oxygen atoms in total. The van der Waals surface area contributed by atoms with E-state index in [4.69, 9.17) is 9.47 Å². The molecular weight excluding hydrogens is 735 g/mol. The molecule has 0 bridgehead atoms. The van der Waals surface area contributed by atoms with Crippen LogP contribution in [-0.2, 0) is 14.3 Å². The van der Waals surface area contributed by atoms with Crippen molar-refractivity contribution in [2.24, 2.45) is 0 Å². The first-order chi connectivity index (χ1) is 28.3. The van der Waals surface area contributed by atoms with E-state index in [1.807, 2.05) is 0 Å². The maximum absolute atomic E-state index is 13.0. The molecule has 1 heterocycles. The number of nitrogens with one attached hydrogen (secondary N) is 1. The zero-order valence-electron chi connectivity index (χ0n) is 37.7. The van der Waals surface area contributed by atoms with Gasteiger partial charge in [-0.05, 0) is 12.8 Å². The van der Waals surface area contributed by atoms with Crippen molar-refractivity contribution in [2.75, 3.05) is 13.2 Å². The summed E-state index contributed by atoms with van der Waals surface area (Å²) in [5.41, 5.74) is 0. The third-order valence-electron chi connectivity index (χ3n) is 12.3. The minimum Gasteiger partial charge on any atom is -0.394 e. The van der Waals surface area contributed by atoms with Gasteiger partial charge in [-0.15, -0.1) is 0 Å². The molecule has 346 valence electrons. The molecule has 2 unspecified atom stereocenters. The Morgan fingerprint density at radius 2 is 0.897 bits per heavy atom. The molecule has 0 radical (unpaired) electrons. The predicted octanol–water partition coefficient (Wildman–Crippen LogP) is 9.70. The van der Waals surface area contributed by atoms with Gasteiger partial charge in [0.05, 0.1) is 25.4 Å². The molecule has 1 aliphatic rings. The van der Waals surface area contributed by atoms with Crippen molar-refractivity contribution in [3.05, 3.63) is 0 Å². The number of amides is 1. The van der Waals surface area contributed by atoms with Crippen molar-refractivity contribution < 1.29 is 44.9 Å². The number of carbonyl (C=O) groups excluding carboxylic acids is 1. The second-order valence-corrected chi connectivity index (χ2v) is 17.8. The largest absolute Gasteiger partial charge is 0.394 e. The van der Waals surface area contributed by atoms with Gasteiger partial charge in [-0.2, -0.15) is 0 Å². The maximum Gasteiger partial charge on any atom is 0.220 e. The molecule has 1 aliphatic heterocycles. The molecule has 1 saturated heterocycles. The van der Waals surface area contributed by atoms with E-state index in [1.165, 1.54) is 173 Å². The number of unbranched alkanes of at least 4 members (excludes halogenated alkanes) is 31. The lowest BCUT2D eigenvalue weighted by Gasteiger charge is -2.40. The first-order valence-corrected chi connectivity index (χ1v) is 24.8. The van der Waals surface area contributed by atoms with Crippen molar-refractivity contribution in [3.8, 4) is 0 Å². The summed E-state index contributed by atoms with van der Waals surface area (Å²) in [6.07, 6.45) is 32.6. The lowest BCUT2D eigenvalue weighted by atomic mass is 9.98. The van der Waals surface area contributed by atoms with Crippen molar-refractivity contribution in [1.29, 1.82) is 0 Å². The highest BCUT2D eigenvalue weighted by molar-refractivity contribution is 5.76.